The molecule has 0 radical (unpaired) electrons. The number of hydrogen-bond acceptors (Lipinski definition) is 4. The van der Waals surface area contributed by atoms with Crippen molar-refractivity contribution in [3.05, 3.63) is 34.9 Å². The Labute approximate surface area is 122 Å². The quantitative estimate of drug-likeness (QED) is 0.636. The first-order valence-corrected chi connectivity index (χ1v) is 7.59. The minimum Gasteiger partial charge on any atom is -0.348 e. The number of anilines is 1. The second-order valence-electron chi connectivity index (χ2n) is 4.89. The first kappa shape index (κ1) is 13.1. The van der Waals surface area contributed by atoms with Crippen LogP contribution in [-0.4, -0.2) is 23.9 Å². The number of thioether (sulfide) groups is 1. The Hall–Kier alpha value is -1.93. The molecule has 2 aliphatic rings. The summed E-state index contributed by atoms with van der Waals surface area (Å²) in [7, 11) is 0. The van der Waals surface area contributed by atoms with Crippen LogP contribution in [0.3, 0.4) is 0 Å². The summed E-state index contributed by atoms with van der Waals surface area (Å²) in [6.07, 6.45) is 3.22. The highest BCUT2D eigenvalue weighted by molar-refractivity contribution is 8.03. The molecular formula is C15H15N3OS. The highest BCUT2D eigenvalue weighted by Gasteiger charge is 2.27. The summed E-state index contributed by atoms with van der Waals surface area (Å²) in [5.74, 6) is -0.144. The maximum Gasteiger partial charge on any atom is 0.267 e. The number of amides is 1. The molecule has 1 N–H and O–H groups in total. The second-order valence-corrected chi connectivity index (χ2v) is 5.94. The fraction of sp³-hybridized carbons (Fsp3) is 0.333. The molecule has 1 saturated heterocycles. The molecule has 1 amide bonds. The molecule has 2 aliphatic heterocycles. The fourth-order valence-corrected chi connectivity index (χ4v) is 3.47. The van der Waals surface area contributed by atoms with Crippen molar-refractivity contribution in [2.75, 3.05) is 18.4 Å². The molecule has 1 fully saturated rings. The third kappa shape index (κ3) is 2.39. The van der Waals surface area contributed by atoms with Gasteiger partial charge in [0.2, 0.25) is 0 Å². The number of hydrogen-bond donors (Lipinski definition) is 1. The lowest BCUT2D eigenvalue weighted by atomic mass is 10.1. The molecule has 0 saturated carbocycles. The van der Waals surface area contributed by atoms with Crippen LogP contribution in [0.25, 0.3) is 0 Å². The van der Waals surface area contributed by atoms with Gasteiger partial charge in [0, 0.05) is 18.0 Å². The lowest BCUT2D eigenvalue weighted by Crippen LogP contribution is -2.36. The highest BCUT2D eigenvalue weighted by Crippen LogP contribution is 2.42. The molecule has 102 valence electrons. The van der Waals surface area contributed by atoms with E-state index in [0.717, 1.165) is 36.5 Å². The van der Waals surface area contributed by atoms with E-state index in [1.807, 2.05) is 24.3 Å². The minimum atomic E-state index is -0.144. The maximum atomic E-state index is 12.5. The Kier molecular flexibility index (Phi) is 3.66. The molecule has 4 nitrogen and oxygen atoms in total. The second kappa shape index (κ2) is 5.59. The number of para-hydroxylation sites is 1. The zero-order valence-electron chi connectivity index (χ0n) is 11.1. The zero-order valence-corrected chi connectivity index (χ0v) is 11.9. The van der Waals surface area contributed by atoms with E-state index in [-0.39, 0.29) is 11.5 Å². The first-order chi connectivity index (χ1) is 9.79. The molecule has 0 unspecified atom stereocenters. The predicted octanol–water partition coefficient (Wildman–Crippen LogP) is 2.95. The molecule has 2 heterocycles. The summed E-state index contributed by atoms with van der Waals surface area (Å²) in [4.78, 5) is 15.3. The van der Waals surface area contributed by atoms with Gasteiger partial charge in [0.1, 0.15) is 16.7 Å². The standard InChI is InChI=1S/C15H15N3OS/c16-10-11(15(19)18-8-4-1-5-9-18)14-17-12-6-2-3-7-13(12)20-14/h2-3,6-7,17H,1,4-5,8-9H2/b14-11+. The lowest BCUT2D eigenvalue weighted by Gasteiger charge is -2.26. The summed E-state index contributed by atoms with van der Waals surface area (Å²) in [5, 5.41) is 13.2. The molecule has 0 aliphatic carbocycles. The monoisotopic (exact) mass is 285 g/mol. The van der Waals surface area contributed by atoms with Gasteiger partial charge in [-0.2, -0.15) is 5.26 Å². The average molecular weight is 285 g/mol. The first-order valence-electron chi connectivity index (χ1n) is 6.77. The van der Waals surface area contributed by atoms with Crippen molar-refractivity contribution in [3.8, 4) is 6.07 Å². The zero-order chi connectivity index (χ0) is 13.9. The van der Waals surface area contributed by atoms with Crippen molar-refractivity contribution in [1.82, 2.24) is 4.90 Å². The lowest BCUT2D eigenvalue weighted by molar-refractivity contribution is -0.127. The number of rotatable bonds is 1. The summed E-state index contributed by atoms with van der Waals surface area (Å²) in [5.41, 5.74) is 1.19. The van der Waals surface area contributed by atoms with Gasteiger partial charge < -0.3 is 10.2 Å². The van der Waals surface area contributed by atoms with Crippen LogP contribution in [0, 0.1) is 11.3 Å². The smallest absolute Gasteiger partial charge is 0.267 e. The van der Waals surface area contributed by atoms with Crippen molar-refractivity contribution in [2.45, 2.75) is 24.2 Å². The summed E-state index contributed by atoms with van der Waals surface area (Å²) >= 11 is 1.46. The number of benzene rings is 1. The fourth-order valence-electron chi connectivity index (χ4n) is 2.48. The van der Waals surface area contributed by atoms with Gasteiger partial charge in [-0.25, -0.2) is 0 Å². The topological polar surface area (TPSA) is 56.1 Å². The van der Waals surface area contributed by atoms with Crippen LogP contribution in [0.4, 0.5) is 5.69 Å². The largest absolute Gasteiger partial charge is 0.348 e. The maximum absolute atomic E-state index is 12.5. The van der Waals surface area contributed by atoms with Gasteiger partial charge in [-0.15, -0.1) is 0 Å². The van der Waals surface area contributed by atoms with Gasteiger partial charge in [-0.3, -0.25) is 4.79 Å². The Morgan fingerprint density at radius 2 is 2.00 bits per heavy atom. The van der Waals surface area contributed by atoms with Crippen molar-refractivity contribution in [1.29, 1.82) is 5.26 Å². The third-order valence-corrected chi connectivity index (χ3v) is 4.63. The van der Waals surface area contributed by atoms with Crippen LogP contribution in [0.2, 0.25) is 0 Å². The van der Waals surface area contributed by atoms with Gasteiger partial charge in [0.25, 0.3) is 5.91 Å². The average Bonchev–Trinajstić information content (AvgIpc) is 2.92. The molecule has 0 spiro atoms. The SMILES string of the molecule is N#C/C(C(=O)N1CCCCC1)=C1/Nc2ccccc2S1. The number of nitrogens with zero attached hydrogens (tertiary/aromatic N) is 2. The van der Waals surface area contributed by atoms with Crippen LogP contribution in [0.5, 0.6) is 0 Å². The van der Waals surface area contributed by atoms with Crippen LogP contribution in [0.1, 0.15) is 19.3 Å². The molecular weight excluding hydrogens is 270 g/mol. The molecule has 20 heavy (non-hydrogen) atoms. The van der Waals surface area contributed by atoms with Crippen molar-refractivity contribution >= 4 is 23.4 Å². The molecule has 0 bridgehead atoms. The van der Waals surface area contributed by atoms with Crippen LogP contribution >= 0.6 is 11.8 Å². The number of nitriles is 1. The Morgan fingerprint density at radius 3 is 2.70 bits per heavy atom. The highest BCUT2D eigenvalue weighted by atomic mass is 32.2. The molecule has 1 aromatic carbocycles. The van der Waals surface area contributed by atoms with E-state index in [9.17, 15) is 10.1 Å². The summed E-state index contributed by atoms with van der Waals surface area (Å²) in [6, 6.07) is 9.91. The van der Waals surface area contributed by atoms with Gasteiger partial charge >= 0.3 is 0 Å². The molecule has 0 atom stereocenters. The molecule has 5 heteroatoms. The van der Waals surface area contributed by atoms with Crippen LogP contribution < -0.4 is 5.32 Å². The number of fused-ring (bicyclic) bond motifs is 1. The van der Waals surface area contributed by atoms with E-state index in [1.165, 1.54) is 18.2 Å². The third-order valence-electron chi connectivity index (χ3n) is 3.54. The van der Waals surface area contributed by atoms with E-state index < -0.39 is 0 Å². The van der Waals surface area contributed by atoms with E-state index in [1.54, 1.807) is 4.90 Å². The minimum absolute atomic E-state index is 0.144. The molecule has 1 aromatic rings. The van der Waals surface area contributed by atoms with Crippen molar-refractivity contribution in [3.63, 3.8) is 0 Å². The summed E-state index contributed by atoms with van der Waals surface area (Å²) in [6.45, 7) is 1.52. The molecule has 0 aromatic heterocycles. The van der Waals surface area contributed by atoms with E-state index in [4.69, 9.17) is 0 Å². The van der Waals surface area contributed by atoms with Crippen molar-refractivity contribution in [2.24, 2.45) is 0 Å². The Bertz CT molecular complexity index is 585. The van der Waals surface area contributed by atoms with E-state index in [0.29, 0.717) is 5.03 Å². The van der Waals surface area contributed by atoms with Crippen molar-refractivity contribution < 1.29 is 4.79 Å². The van der Waals surface area contributed by atoms with Gasteiger partial charge in [-0.1, -0.05) is 23.9 Å². The number of piperidine rings is 1. The normalized spacial score (nSPS) is 19.9. The van der Waals surface area contributed by atoms with E-state index >= 15 is 0 Å². The number of carbonyl (C=O) groups excluding carboxylic acids is 1. The Balaban J connectivity index is 1.86. The van der Waals surface area contributed by atoms with Gasteiger partial charge in [-0.05, 0) is 31.4 Å². The van der Waals surface area contributed by atoms with Gasteiger partial charge in [0.15, 0.2) is 0 Å². The predicted molar refractivity (Wildman–Crippen MR) is 79.0 cm³/mol. The molecule has 3 rings (SSSR count). The van der Waals surface area contributed by atoms with Crippen LogP contribution in [0.15, 0.2) is 39.8 Å². The number of nitrogens with one attached hydrogen (secondary N) is 1. The van der Waals surface area contributed by atoms with Crippen LogP contribution in [-0.2, 0) is 4.79 Å². The van der Waals surface area contributed by atoms with E-state index in [2.05, 4.69) is 11.4 Å². The summed E-state index contributed by atoms with van der Waals surface area (Å²) < 4.78 is 0. The Morgan fingerprint density at radius 1 is 1.25 bits per heavy atom. The van der Waals surface area contributed by atoms with Gasteiger partial charge in [0.05, 0.1) is 5.69 Å². The number of likely N-dealkylation sites (tertiary alicyclic amines) is 1. The number of carbonyl (C=O) groups is 1.